The lowest BCUT2D eigenvalue weighted by Gasteiger charge is -2.17. The first-order valence-corrected chi connectivity index (χ1v) is 7.90. The van der Waals surface area contributed by atoms with Gasteiger partial charge in [-0.3, -0.25) is 4.79 Å². The van der Waals surface area contributed by atoms with Crippen LogP contribution in [0, 0.1) is 5.92 Å². The zero-order valence-corrected chi connectivity index (χ0v) is 14.7. The lowest BCUT2D eigenvalue weighted by Crippen LogP contribution is -2.30. The number of amides is 1. The van der Waals surface area contributed by atoms with Gasteiger partial charge in [0.25, 0.3) is 5.91 Å². The minimum absolute atomic E-state index is 0. The van der Waals surface area contributed by atoms with Gasteiger partial charge in [0.15, 0.2) is 0 Å². The first-order chi connectivity index (χ1) is 10.7. The van der Waals surface area contributed by atoms with E-state index in [1.54, 1.807) is 7.11 Å². The Hall–Kier alpha value is -1.30. The molecule has 1 atom stereocenters. The van der Waals surface area contributed by atoms with Crippen molar-refractivity contribution in [3.05, 3.63) is 29.8 Å². The van der Waals surface area contributed by atoms with Crippen molar-refractivity contribution < 1.29 is 14.3 Å². The Labute approximate surface area is 144 Å². The Morgan fingerprint density at radius 1 is 1.39 bits per heavy atom. The summed E-state index contributed by atoms with van der Waals surface area (Å²) in [7, 11) is 3.63. The smallest absolute Gasteiger partial charge is 0.253 e. The highest BCUT2D eigenvalue weighted by Crippen LogP contribution is 2.20. The van der Waals surface area contributed by atoms with Crippen LogP contribution in [0.5, 0.6) is 5.75 Å². The van der Waals surface area contributed by atoms with E-state index in [1.165, 1.54) is 0 Å². The molecule has 0 aromatic heterocycles. The fraction of sp³-hybridized carbons (Fsp3) is 0.588. The highest BCUT2D eigenvalue weighted by Gasteiger charge is 2.26. The molecular formula is C17H27ClN2O3. The van der Waals surface area contributed by atoms with Gasteiger partial charge in [-0.2, -0.15) is 0 Å². The molecule has 1 aromatic rings. The summed E-state index contributed by atoms with van der Waals surface area (Å²) in [5.74, 6) is 1.40. The molecule has 1 amide bonds. The molecule has 1 aliphatic rings. The largest absolute Gasteiger partial charge is 0.493 e. The molecule has 0 saturated carbocycles. The van der Waals surface area contributed by atoms with E-state index in [4.69, 9.17) is 9.47 Å². The molecule has 23 heavy (non-hydrogen) atoms. The molecule has 0 aliphatic carbocycles. The van der Waals surface area contributed by atoms with Crippen LogP contribution in [0.4, 0.5) is 0 Å². The van der Waals surface area contributed by atoms with E-state index in [0.29, 0.717) is 24.7 Å². The maximum Gasteiger partial charge on any atom is 0.253 e. The third-order valence-electron chi connectivity index (χ3n) is 3.91. The fourth-order valence-electron chi connectivity index (χ4n) is 2.77. The lowest BCUT2D eigenvalue weighted by molar-refractivity contribution is 0.0786. The molecule has 1 unspecified atom stereocenters. The Balaban J connectivity index is 0.00000264. The highest BCUT2D eigenvalue weighted by molar-refractivity contribution is 5.94. The summed E-state index contributed by atoms with van der Waals surface area (Å²) in [5.41, 5.74) is 0.703. The first-order valence-electron chi connectivity index (χ1n) is 7.90. The van der Waals surface area contributed by atoms with Gasteiger partial charge in [0.2, 0.25) is 0 Å². The number of ether oxygens (including phenoxy) is 2. The number of methoxy groups -OCH3 is 1. The summed E-state index contributed by atoms with van der Waals surface area (Å²) in [4.78, 5) is 14.5. The number of benzene rings is 1. The van der Waals surface area contributed by atoms with Crippen LogP contribution >= 0.6 is 12.4 Å². The number of halogens is 1. The van der Waals surface area contributed by atoms with Crippen molar-refractivity contribution in [2.24, 2.45) is 5.92 Å². The molecule has 6 heteroatoms. The standard InChI is InChI=1S/C17H26N2O3.ClH/c1-18-12-14-7-8-19(13-14)17(20)15-5-3-6-16(11-15)22-10-4-9-21-2;/h3,5-6,11,14,18H,4,7-10,12-13H2,1-2H3;1H. The Bertz CT molecular complexity index is 485. The van der Waals surface area contributed by atoms with E-state index < -0.39 is 0 Å². The van der Waals surface area contributed by atoms with E-state index in [-0.39, 0.29) is 18.3 Å². The Morgan fingerprint density at radius 2 is 2.22 bits per heavy atom. The molecule has 1 aliphatic heterocycles. The van der Waals surface area contributed by atoms with Crippen molar-refractivity contribution in [3.8, 4) is 5.75 Å². The van der Waals surface area contributed by atoms with E-state index in [1.807, 2.05) is 36.2 Å². The van der Waals surface area contributed by atoms with Crippen LogP contribution in [-0.4, -0.2) is 57.8 Å². The quantitative estimate of drug-likeness (QED) is 0.736. The van der Waals surface area contributed by atoms with E-state index in [9.17, 15) is 4.79 Å². The SMILES string of the molecule is CNCC1CCN(C(=O)c2cccc(OCCCOC)c2)C1.Cl. The average Bonchev–Trinajstić information content (AvgIpc) is 3.00. The number of rotatable bonds is 8. The van der Waals surface area contributed by atoms with Gasteiger partial charge in [0.1, 0.15) is 5.75 Å². The summed E-state index contributed by atoms with van der Waals surface area (Å²) in [6, 6.07) is 7.45. The number of nitrogens with zero attached hydrogens (tertiary/aromatic N) is 1. The van der Waals surface area contributed by atoms with Crippen molar-refractivity contribution in [2.75, 3.05) is 47.0 Å². The number of carbonyl (C=O) groups excluding carboxylic acids is 1. The van der Waals surface area contributed by atoms with Gasteiger partial charge in [0.05, 0.1) is 6.61 Å². The molecule has 1 heterocycles. The van der Waals surface area contributed by atoms with E-state index in [2.05, 4.69) is 5.32 Å². The zero-order chi connectivity index (χ0) is 15.8. The van der Waals surface area contributed by atoms with Crippen molar-refractivity contribution in [2.45, 2.75) is 12.8 Å². The molecule has 1 N–H and O–H groups in total. The summed E-state index contributed by atoms with van der Waals surface area (Å²) < 4.78 is 10.7. The van der Waals surface area contributed by atoms with Crippen LogP contribution in [-0.2, 0) is 4.74 Å². The average molecular weight is 343 g/mol. The Morgan fingerprint density at radius 3 is 2.96 bits per heavy atom. The predicted molar refractivity (Wildman–Crippen MR) is 93.6 cm³/mol. The molecule has 1 saturated heterocycles. The van der Waals surface area contributed by atoms with Gasteiger partial charge < -0.3 is 19.7 Å². The molecule has 130 valence electrons. The summed E-state index contributed by atoms with van der Waals surface area (Å²) in [6.45, 7) is 3.91. The number of nitrogens with one attached hydrogen (secondary N) is 1. The van der Waals surface area contributed by atoms with Gasteiger partial charge >= 0.3 is 0 Å². The third-order valence-corrected chi connectivity index (χ3v) is 3.91. The van der Waals surface area contributed by atoms with Crippen LogP contribution in [0.1, 0.15) is 23.2 Å². The molecule has 0 spiro atoms. The van der Waals surface area contributed by atoms with Crippen molar-refractivity contribution in [1.29, 1.82) is 0 Å². The summed E-state index contributed by atoms with van der Waals surface area (Å²) in [6.07, 6.45) is 1.91. The number of hydrogen-bond acceptors (Lipinski definition) is 4. The fourth-order valence-corrected chi connectivity index (χ4v) is 2.77. The van der Waals surface area contributed by atoms with Gasteiger partial charge in [0, 0.05) is 38.8 Å². The molecular weight excluding hydrogens is 316 g/mol. The molecule has 0 radical (unpaired) electrons. The van der Waals surface area contributed by atoms with Crippen LogP contribution in [0.15, 0.2) is 24.3 Å². The zero-order valence-electron chi connectivity index (χ0n) is 13.9. The van der Waals surface area contributed by atoms with Crippen molar-refractivity contribution in [3.63, 3.8) is 0 Å². The molecule has 0 bridgehead atoms. The maximum atomic E-state index is 12.6. The van der Waals surface area contributed by atoms with Gasteiger partial charge in [-0.1, -0.05) is 6.07 Å². The second-order valence-electron chi connectivity index (χ2n) is 5.69. The minimum Gasteiger partial charge on any atom is -0.493 e. The monoisotopic (exact) mass is 342 g/mol. The van der Waals surface area contributed by atoms with Gasteiger partial charge in [-0.05, 0) is 44.1 Å². The normalized spacial score (nSPS) is 17.0. The molecule has 5 nitrogen and oxygen atoms in total. The van der Waals surface area contributed by atoms with Gasteiger partial charge in [-0.15, -0.1) is 12.4 Å². The number of likely N-dealkylation sites (tertiary alicyclic amines) is 1. The third kappa shape index (κ3) is 6.01. The minimum atomic E-state index is 0. The van der Waals surface area contributed by atoms with E-state index >= 15 is 0 Å². The molecule has 1 fully saturated rings. The number of hydrogen-bond donors (Lipinski definition) is 1. The first kappa shape index (κ1) is 19.7. The summed E-state index contributed by atoms with van der Waals surface area (Å²) in [5, 5.41) is 3.18. The Kier molecular flexibility index (Phi) is 8.99. The van der Waals surface area contributed by atoms with Crippen LogP contribution in [0.25, 0.3) is 0 Å². The van der Waals surface area contributed by atoms with E-state index in [0.717, 1.165) is 38.2 Å². The number of carbonyl (C=O) groups is 1. The molecule has 1 aromatic carbocycles. The predicted octanol–water partition coefficient (Wildman–Crippen LogP) is 2.21. The highest BCUT2D eigenvalue weighted by atomic mass is 35.5. The van der Waals surface area contributed by atoms with Gasteiger partial charge in [-0.25, -0.2) is 0 Å². The van der Waals surface area contributed by atoms with Crippen molar-refractivity contribution in [1.82, 2.24) is 10.2 Å². The second kappa shape index (κ2) is 10.5. The maximum absolute atomic E-state index is 12.6. The summed E-state index contributed by atoms with van der Waals surface area (Å²) >= 11 is 0. The van der Waals surface area contributed by atoms with Crippen molar-refractivity contribution >= 4 is 18.3 Å². The molecule has 2 rings (SSSR count). The lowest BCUT2D eigenvalue weighted by atomic mass is 10.1. The van der Waals surface area contributed by atoms with Crippen LogP contribution in [0.3, 0.4) is 0 Å². The topological polar surface area (TPSA) is 50.8 Å². The second-order valence-corrected chi connectivity index (χ2v) is 5.69. The van der Waals surface area contributed by atoms with Crippen LogP contribution < -0.4 is 10.1 Å². The van der Waals surface area contributed by atoms with Crippen LogP contribution in [0.2, 0.25) is 0 Å².